The quantitative estimate of drug-likeness (QED) is 0.363. The van der Waals surface area contributed by atoms with Crippen molar-refractivity contribution in [2.24, 2.45) is 17.0 Å². The Kier molecular flexibility index (Phi) is 7.49. The van der Waals surface area contributed by atoms with Crippen molar-refractivity contribution in [3.8, 4) is 5.75 Å². The first-order valence-electron chi connectivity index (χ1n) is 12.8. The molecule has 0 saturated carbocycles. The fourth-order valence-corrected chi connectivity index (χ4v) is 6.65. The van der Waals surface area contributed by atoms with Crippen LogP contribution in [0.4, 0.5) is 0 Å². The van der Waals surface area contributed by atoms with E-state index in [9.17, 15) is 13.5 Å². The van der Waals surface area contributed by atoms with Crippen molar-refractivity contribution in [3.05, 3.63) is 91.1 Å². The summed E-state index contributed by atoms with van der Waals surface area (Å²) >= 11 is 0. The zero-order valence-electron chi connectivity index (χ0n) is 21.4. The Bertz CT molecular complexity index is 1570. The van der Waals surface area contributed by atoms with Crippen molar-refractivity contribution in [2.75, 3.05) is 20.2 Å². The summed E-state index contributed by atoms with van der Waals surface area (Å²) < 4.78 is 27.8. The normalized spacial score (nSPS) is 23.4. The highest BCUT2D eigenvalue weighted by Crippen LogP contribution is 2.42. The highest BCUT2D eigenvalue weighted by molar-refractivity contribution is 7.89. The molecule has 0 amide bonds. The number of piperidine rings is 3. The molecule has 3 fully saturated rings. The summed E-state index contributed by atoms with van der Waals surface area (Å²) in [6.45, 7) is 6.07. The molecule has 0 aliphatic carbocycles. The largest absolute Gasteiger partial charge is 0.497 e. The van der Waals surface area contributed by atoms with Gasteiger partial charge in [-0.3, -0.25) is 9.88 Å². The van der Waals surface area contributed by atoms with Gasteiger partial charge in [-0.05, 0) is 72.5 Å². The Morgan fingerprint density at radius 1 is 1.13 bits per heavy atom. The van der Waals surface area contributed by atoms with Gasteiger partial charge in [-0.15, -0.1) is 6.58 Å². The lowest BCUT2D eigenvalue weighted by Gasteiger charge is -2.50. The van der Waals surface area contributed by atoms with Crippen molar-refractivity contribution >= 4 is 31.7 Å². The van der Waals surface area contributed by atoms with E-state index in [0.29, 0.717) is 17.2 Å². The van der Waals surface area contributed by atoms with E-state index in [-0.39, 0.29) is 10.9 Å². The van der Waals surface area contributed by atoms with E-state index in [1.165, 1.54) is 12.5 Å². The maximum absolute atomic E-state index is 11.2. The van der Waals surface area contributed by atoms with E-state index in [4.69, 9.17) is 9.88 Å². The molecule has 3 N–H and O–H groups in total. The second-order valence-corrected chi connectivity index (χ2v) is 11.5. The van der Waals surface area contributed by atoms with Gasteiger partial charge in [-0.2, -0.15) is 0 Å². The fourth-order valence-electron chi connectivity index (χ4n) is 5.89. The van der Waals surface area contributed by atoms with Crippen LogP contribution < -0.4 is 9.88 Å². The molecule has 198 valence electrons. The van der Waals surface area contributed by atoms with Crippen LogP contribution in [0.3, 0.4) is 0 Å². The third-order valence-corrected chi connectivity index (χ3v) is 8.84. The second-order valence-electron chi connectivity index (χ2n) is 10.00. The number of sulfonamides is 1. The minimum atomic E-state index is -3.63. The first kappa shape index (κ1) is 26.3. The molecule has 3 saturated heterocycles. The Morgan fingerprint density at radius 2 is 1.92 bits per heavy atom. The van der Waals surface area contributed by atoms with Crippen LogP contribution in [0, 0.1) is 11.8 Å². The number of fused-ring (bicyclic) bond motifs is 5. The number of benzene rings is 3. The minimum absolute atomic E-state index is 0.176. The van der Waals surface area contributed by atoms with Gasteiger partial charge in [-0.25, -0.2) is 13.6 Å². The molecule has 7 rings (SSSR count). The summed E-state index contributed by atoms with van der Waals surface area (Å²) in [6.07, 6.45) is 5.62. The highest BCUT2D eigenvalue weighted by Gasteiger charge is 2.42. The Labute approximate surface area is 223 Å². The van der Waals surface area contributed by atoms with Gasteiger partial charge in [0.1, 0.15) is 5.75 Å². The standard InChI is InChI=1S/C20H24N2O2.C10H9NO2S/c1-3-13-12-22-9-7-14(13)10-19(22)20(23)16-6-8-21-18-5-4-15(24-2)11-17(16)18;11-14(12,13)10-7-3-5-8-4-1-2-6-9(8)10/h3-6,8,11,13-14,19-20,23H,1,7,9-10,12H2,2H3;1-7H,(H2,11,12,13)/t13-,14-,19-,20+;/m0./s1. The first-order valence-corrected chi connectivity index (χ1v) is 14.3. The molecule has 3 aromatic carbocycles. The van der Waals surface area contributed by atoms with Crippen molar-refractivity contribution < 1.29 is 18.3 Å². The Hall–Kier alpha value is -3.30. The van der Waals surface area contributed by atoms with Crippen LogP contribution in [0.15, 0.2) is 90.5 Å². The van der Waals surface area contributed by atoms with Gasteiger partial charge >= 0.3 is 0 Å². The molecule has 7 nitrogen and oxygen atoms in total. The number of aliphatic hydroxyl groups excluding tert-OH is 1. The Balaban J connectivity index is 0.000000179. The van der Waals surface area contributed by atoms with Crippen LogP contribution in [0.5, 0.6) is 5.75 Å². The van der Waals surface area contributed by atoms with Crippen molar-refractivity contribution in [1.29, 1.82) is 0 Å². The average molecular weight is 532 g/mol. The molecular formula is C30H33N3O4S. The van der Waals surface area contributed by atoms with E-state index < -0.39 is 16.1 Å². The smallest absolute Gasteiger partial charge is 0.238 e. The van der Waals surface area contributed by atoms with Crippen molar-refractivity contribution in [3.63, 3.8) is 0 Å². The van der Waals surface area contributed by atoms with Crippen molar-refractivity contribution in [1.82, 2.24) is 9.88 Å². The molecule has 38 heavy (non-hydrogen) atoms. The molecule has 3 aliphatic heterocycles. The number of rotatable bonds is 5. The molecular weight excluding hydrogens is 498 g/mol. The third kappa shape index (κ3) is 5.17. The van der Waals surface area contributed by atoms with E-state index in [1.807, 2.05) is 42.5 Å². The number of methoxy groups -OCH3 is 1. The van der Waals surface area contributed by atoms with E-state index >= 15 is 0 Å². The fraction of sp³-hybridized carbons (Fsp3) is 0.300. The van der Waals surface area contributed by atoms with E-state index in [2.05, 4.69) is 22.5 Å². The van der Waals surface area contributed by atoms with Gasteiger partial charge in [0.2, 0.25) is 10.0 Å². The number of nitrogens with zero attached hydrogens (tertiary/aromatic N) is 2. The van der Waals surface area contributed by atoms with Crippen LogP contribution in [0.25, 0.3) is 21.7 Å². The van der Waals surface area contributed by atoms with Gasteiger partial charge in [0.25, 0.3) is 0 Å². The number of aliphatic hydroxyl groups is 1. The summed E-state index contributed by atoms with van der Waals surface area (Å²) in [5, 5.41) is 18.8. The second kappa shape index (κ2) is 10.8. The number of hydrogen-bond donors (Lipinski definition) is 2. The van der Waals surface area contributed by atoms with Gasteiger partial charge in [0.05, 0.1) is 23.6 Å². The number of hydrogen-bond acceptors (Lipinski definition) is 6. The topological polar surface area (TPSA) is 106 Å². The van der Waals surface area contributed by atoms with Gasteiger partial charge < -0.3 is 9.84 Å². The monoisotopic (exact) mass is 531 g/mol. The van der Waals surface area contributed by atoms with Crippen LogP contribution in [0.1, 0.15) is 24.5 Å². The van der Waals surface area contributed by atoms with E-state index in [1.54, 1.807) is 31.5 Å². The maximum Gasteiger partial charge on any atom is 0.238 e. The predicted molar refractivity (Wildman–Crippen MR) is 150 cm³/mol. The lowest BCUT2D eigenvalue weighted by atomic mass is 9.73. The maximum atomic E-state index is 11.2. The molecule has 4 aromatic rings. The highest BCUT2D eigenvalue weighted by atomic mass is 32.2. The summed E-state index contributed by atoms with van der Waals surface area (Å²) in [7, 11) is -1.97. The van der Waals surface area contributed by atoms with Crippen LogP contribution in [0.2, 0.25) is 0 Å². The van der Waals surface area contributed by atoms with Crippen LogP contribution in [-0.2, 0) is 10.0 Å². The van der Waals surface area contributed by atoms with Gasteiger partial charge in [0.15, 0.2) is 0 Å². The molecule has 0 radical (unpaired) electrons. The summed E-state index contributed by atoms with van der Waals surface area (Å²) in [5.41, 5.74) is 1.85. The molecule has 1 aromatic heterocycles. The molecule has 5 atom stereocenters. The molecule has 2 bridgehead atoms. The molecule has 1 unspecified atom stereocenters. The lowest BCUT2D eigenvalue weighted by Crippen LogP contribution is -2.54. The number of nitrogens with two attached hydrogens (primary N) is 1. The lowest BCUT2D eigenvalue weighted by molar-refractivity contribution is -0.0444. The Morgan fingerprint density at radius 3 is 2.63 bits per heavy atom. The third-order valence-electron chi connectivity index (χ3n) is 7.88. The molecule has 8 heteroatoms. The van der Waals surface area contributed by atoms with Crippen LogP contribution in [-0.4, -0.2) is 49.6 Å². The summed E-state index contributed by atoms with van der Waals surface area (Å²) in [5.74, 6) is 2.01. The summed E-state index contributed by atoms with van der Waals surface area (Å²) in [4.78, 5) is 7.04. The number of aromatic nitrogens is 1. The zero-order valence-corrected chi connectivity index (χ0v) is 22.2. The average Bonchev–Trinajstić information content (AvgIpc) is 2.95. The van der Waals surface area contributed by atoms with E-state index in [0.717, 1.165) is 47.1 Å². The number of primary sulfonamides is 1. The molecule has 4 heterocycles. The van der Waals surface area contributed by atoms with Crippen LogP contribution >= 0.6 is 0 Å². The minimum Gasteiger partial charge on any atom is -0.497 e. The summed E-state index contributed by atoms with van der Waals surface area (Å²) in [6, 6.07) is 20.2. The first-order chi connectivity index (χ1) is 18.3. The molecule has 0 spiro atoms. The SMILES string of the molecule is C=C[C@H]1CN2CC[C@H]1C[C@H]2[C@H](O)c1ccnc2ccc(OC)cc12.NS(=O)(=O)c1cccc2ccccc12. The number of pyridine rings is 1. The van der Waals surface area contributed by atoms with Gasteiger partial charge in [0, 0.05) is 29.6 Å². The van der Waals surface area contributed by atoms with Crippen molar-refractivity contribution in [2.45, 2.75) is 29.9 Å². The van der Waals surface area contributed by atoms with Gasteiger partial charge in [-0.1, -0.05) is 42.5 Å². The zero-order chi connectivity index (χ0) is 26.9. The predicted octanol–water partition coefficient (Wildman–Crippen LogP) is 4.66. The number of ether oxygens (including phenoxy) is 1. The molecule has 3 aliphatic rings.